The smallest absolute Gasteiger partial charge is 0.298 e. The second-order valence-electron chi connectivity index (χ2n) is 7.32. The summed E-state index contributed by atoms with van der Waals surface area (Å²) in [5, 5.41) is 2.56. The van der Waals surface area contributed by atoms with E-state index in [0.717, 1.165) is 16.7 Å². The molecule has 1 N–H and O–H groups in total. The van der Waals surface area contributed by atoms with Crippen LogP contribution in [0.25, 0.3) is 6.08 Å². The summed E-state index contributed by atoms with van der Waals surface area (Å²) >= 11 is 7.30. The number of benzene rings is 3. The van der Waals surface area contributed by atoms with Crippen LogP contribution in [0.15, 0.2) is 77.7 Å². The number of amides is 3. The fourth-order valence-electron chi connectivity index (χ4n) is 3.35. The molecule has 178 valence electrons. The average Bonchev–Trinajstić information content (AvgIpc) is 3.12. The van der Waals surface area contributed by atoms with Crippen LogP contribution in [0.1, 0.15) is 12.5 Å². The standard InChI is InChI=1S/C26H21ClN2O5S/c1-2-33-21-14-17(15-22-25(31)29(26(32)35-22)19-11-7-4-8-12-19)13-20(27)24(21)34-16-23(30)28-18-9-5-3-6-10-18/h3-15H,2,16H2,1H3,(H,28,30)/b22-15+. The molecule has 0 aliphatic carbocycles. The molecular weight excluding hydrogens is 488 g/mol. The van der Waals surface area contributed by atoms with Gasteiger partial charge in [-0.25, -0.2) is 4.90 Å². The van der Waals surface area contributed by atoms with Crippen LogP contribution < -0.4 is 19.7 Å². The molecule has 1 aliphatic rings. The largest absolute Gasteiger partial charge is 0.490 e. The maximum absolute atomic E-state index is 12.9. The Morgan fingerprint density at radius 1 is 1.03 bits per heavy atom. The summed E-state index contributed by atoms with van der Waals surface area (Å²) in [6.07, 6.45) is 1.58. The zero-order chi connectivity index (χ0) is 24.8. The summed E-state index contributed by atoms with van der Waals surface area (Å²) in [5.74, 6) is -0.237. The normalized spacial score (nSPS) is 14.3. The minimum absolute atomic E-state index is 0.206. The number of thioether (sulfide) groups is 1. The number of carbonyl (C=O) groups excluding carboxylic acids is 3. The number of para-hydroxylation sites is 2. The molecule has 35 heavy (non-hydrogen) atoms. The summed E-state index contributed by atoms with van der Waals surface area (Å²) in [7, 11) is 0. The van der Waals surface area contributed by atoms with Gasteiger partial charge in [0.25, 0.3) is 17.1 Å². The Morgan fingerprint density at radius 3 is 2.40 bits per heavy atom. The highest BCUT2D eigenvalue weighted by atomic mass is 35.5. The fourth-order valence-corrected chi connectivity index (χ4v) is 4.46. The third-order valence-corrected chi connectivity index (χ3v) is 5.99. The Balaban J connectivity index is 1.53. The molecule has 0 spiro atoms. The molecule has 1 aliphatic heterocycles. The van der Waals surface area contributed by atoms with Crippen molar-refractivity contribution in [2.24, 2.45) is 0 Å². The van der Waals surface area contributed by atoms with E-state index in [4.69, 9.17) is 21.1 Å². The quantitative estimate of drug-likeness (QED) is 0.376. The molecule has 3 amide bonds. The van der Waals surface area contributed by atoms with E-state index in [1.807, 2.05) is 24.3 Å². The lowest BCUT2D eigenvalue weighted by Crippen LogP contribution is -2.27. The number of rotatable bonds is 8. The molecule has 1 fully saturated rings. The minimum atomic E-state index is -0.418. The van der Waals surface area contributed by atoms with E-state index in [0.29, 0.717) is 29.3 Å². The molecule has 4 rings (SSSR count). The maximum Gasteiger partial charge on any atom is 0.298 e. The number of hydrogen-bond donors (Lipinski definition) is 1. The van der Waals surface area contributed by atoms with Crippen molar-refractivity contribution in [3.8, 4) is 11.5 Å². The molecule has 9 heteroatoms. The summed E-state index contributed by atoms with van der Waals surface area (Å²) in [5.41, 5.74) is 1.71. The molecule has 0 saturated carbocycles. The molecule has 3 aromatic rings. The van der Waals surface area contributed by atoms with Gasteiger partial charge in [0.05, 0.1) is 22.2 Å². The van der Waals surface area contributed by atoms with Crippen LogP contribution in [0, 0.1) is 0 Å². The molecule has 0 bridgehead atoms. The third-order valence-electron chi connectivity index (χ3n) is 4.84. The van der Waals surface area contributed by atoms with E-state index in [1.165, 1.54) is 0 Å². The first kappa shape index (κ1) is 24.4. The monoisotopic (exact) mass is 508 g/mol. The number of nitrogens with one attached hydrogen (secondary N) is 1. The highest BCUT2D eigenvalue weighted by Crippen LogP contribution is 2.40. The van der Waals surface area contributed by atoms with Crippen molar-refractivity contribution in [1.29, 1.82) is 0 Å². The molecule has 1 saturated heterocycles. The SMILES string of the molecule is CCOc1cc(/C=C2/SC(=O)N(c3ccccc3)C2=O)cc(Cl)c1OCC(=O)Nc1ccccc1. The van der Waals surface area contributed by atoms with Gasteiger partial charge in [-0.1, -0.05) is 48.0 Å². The fraction of sp³-hybridized carbons (Fsp3) is 0.115. The topological polar surface area (TPSA) is 84.9 Å². The number of anilines is 2. The second-order valence-corrected chi connectivity index (χ2v) is 8.72. The summed E-state index contributed by atoms with van der Waals surface area (Å²) in [4.78, 5) is 39.0. The predicted molar refractivity (Wildman–Crippen MR) is 138 cm³/mol. The summed E-state index contributed by atoms with van der Waals surface area (Å²) < 4.78 is 11.3. The van der Waals surface area contributed by atoms with Crippen molar-refractivity contribution in [1.82, 2.24) is 0 Å². The number of carbonyl (C=O) groups is 3. The van der Waals surface area contributed by atoms with Gasteiger partial charge in [0.1, 0.15) is 0 Å². The van der Waals surface area contributed by atoms with E-state index in [9.17, 15) is 14.4 Å². The number of ether oxygens (including phenoxy) is 2. The molecule has 0 radical (unpaired) electrons. The molecular formula is C26H21ClN2O5S. The van der Waals surface area contributed by atoms with Crippen LogP contribution in [0.4, 0.5) is 16.2 Å². The van der Waals surface area contributed by atoms with Gasteiger partial charge in [-0.05, 0) is 66.7 Å². The Labute approximate surface area is 211 Å². The first-order valence-electron chi connectivity index (χ1n) is 10.7. The highest BCUT2D eigenvalue weighted by Gasteiger charge is 2.36. The van der Waals surface area contributed by atoms with Gasteiger partial charge in [0.15, 0.2) is 18.1 Å². The molecule has 0 aromatic heterocycles. The van der Waals surface area contributed by atoms with E-state index in [2.05, 4.69) is 5.32 Å². The summed E-state index contributed by atoms with van der Waals surface area (Å²) in [6, 6.07) is 21.0. The Bertz CT molecular complexity index is 1280. The summed E-state index contributed by atoms with van der Waals surface area (Å²) in [6.45, 7) is 1.86. The number of halogens is 1. The van der Waals surface area contributed by atoms with Crippen molar-refractivity contribution in [2.45, 2.75) is 6.92 Å². The third kappa shape index (κ3) is 5.85. The zero-order valence-corrected chi connectivity index (χ0v) is 20.3. The lowest BCUT2D eigenvalue weighted by Gasteiger charge is -2.15. The van der Waals surface area contributed by atoms with Gasteiger partial charge in [0.2, 0.25) is 0 Å². The van der Waals surface area contributed by atoms with Crippen LogP contribution in [-0.2, 0) is 9.59 Å². The van der Waals surface area contributed by atoms with Gasteiger partial charge in [-0.15, -0.1) is 0 Å². The lowest BCUT2D eigenvalue weighted by molar-refractivity contribution is -0.118. The highest BCUT2D eigenvalue weighted by molar-refractivity contribution is 8.19. The lowest BCUT2D eigenvalue weighted by atomic mass is 10.1. The predicted octanol–water partition coefficient (Wildman–Crippen LogP) is 6.00. The molecule has 3 aromatic carbocycles. The van der Waals surface area contributed by atoms with Crippen molar-refractivity contribution in [3.05, 3.63) is 88.3 Å². The van der Waals surface area contributed by atoms with E-state index < -0.39 is 5.91 Å². The van der Waals surface area contributed by atoms with E-state index in [1.54, 1.807) is 61.5 Å². The van der Waals surface area contributed by atoms with E-state index in [-0.39, 0.29) is 33.4 Å². The van der Waals surface area contributed by atoms with Gasteiger partial charge < -0.3 is 14.8 Å². The Morgan fingerprint density at radius 2 is 1.71 bits per heavy atom. The van der Waals surface area contributed by atoms with Gasteiger partial charge >= 0.3 is 0 Å². The average molecular weight is 509 g/mol. The van der Waals surface area contributed by atoms with Gasteiger partial charge in [0, 0.05) is 5.69 Å². The number of imide groups is 1. The van der Waals surface area contributed by atoms with Gasteiger partial charge in [-0.3, -0.25) is 14.4 Å². The molecule has 7 nitrogen and oxygen atoms in total. The van der Waals surface area contributed by atoms with E-state index >= 15 is 0 Å². The van der Waals surface area contributed by atoms with Crippen LogP contribution >= 0.6 is 23.4 Å². The van der Waals surface area contributed by atoms with Crippen LogP contribution in [0.3, 0.4) is 0 Å². The van der Waals surface area contributed by atoms with Crippen LogP contribution in [-0.4, -0.2) is 30.3 Å². The van der Waals surface area contributed by atoms with Crippen molar-refractivity contribution in [3.63, 3.8) is 0 Å². The van der Waals surface area contributed by atoms with Crippen molar-refractivity contribution in [2.75, 3.05) is 23.4 Å². The van der Waals surface area contributed by atoms with Crippen LogP contribution in [0.2, 0.25) is 5.02 Å². The molecule has 0 unspecified atom stereocenters. The second kappa shape index (κ2) is 11.1. The number of nitrogens with zero attached hydrogens (tertiary/aromatic N) is 1. The van der Waals surface area contributed by atoms with Crippen molar-refractivity contribution < 1.29 is 23.9 Å². The first-order chi connectivity index (χ1) is 17.0. The number of hydrogen-bond acceptors (Lipinski definition) is 6. The van der Waals surface area contributed by atoms with Crippen molar-refractivity contribution >= 4 is 57.9 Å². The molecule has 0 atom stereocenters. The van der Waals surface area contributed by atoms with Crippen LogP contribution in [0.5, 0.6) is 11.5 Å². The van der Waals surface area contributed by atoms with Gasteiger partial charge in [-0.2, -0.15) is 0 Å². The Kier molecular flexibility index (Phi) is 7.74. The first-order valence-corrected chi connectivity index (χ1v) is 11.9. The maximum atomic E-state index is 12.9. The minimum Gasteiger partial charge on any atom is -0.490 e. The Hall–Kier alpha value is -3.75. The molecule has 1 heterocycles. The zero-order valence-electron chi connectivity index (χ0n) is 18.7.